The fraction of sp³-hybridized carbons (Fsp3) is 0.143. The van der Waals surface area contributed by atoms with Gasteiger partial charge in [-0.1, -0.05) is 36.4 Å². The Morgan fingerprint density at radius 3 is 2.78 bits per heavy atom. The largest absolute Gasteiger partial charge is 0.361 e. The van der Waals surface area contributed by atoms with Crippen molar-refractivity contribution in [3.8, 4) is 6.07 Å². The molecule has 0 fully saturated rings. The van der Waals surface area contributed by atoms with Gasteiger partial charge in [-0.2, -0.15) is 5.26 Å². The molecule has 0 atom stereocenters. The van der Waals surface area contributed by atoms with E-state index in [1.807, 2.05) is 24.3 Å². The second-order valence-corrected chi connectivity index (χ2v) is 4.22. The minimum atomic E-state index is 0.442. The van der Waals surface area contributed by atoms with Gasteiger partial charge in [0.05, 0.1) is 12.5 Å². The van der Waals surface area contributed by atoms with Crippen LogP contribution >= 0.6 is 12.2 Å². The Labute approximate surface area is 111 Å². The van der Waals surface area contributed by atoms with Crippen molar-refractivity contribution in [2.75, 3.05) is 11.9 Å². The van der Waals surface area contributed by atoms with Crippen LogP contribution in [-0.4, -0.2) is 11.7 Å². The molecule has 0 aliphatic heterocycles. The topological polar surface area (TPSA) is 47.9 Å². The lowest BCUT2D eigenvalue weighted by molar-refractivity contribution is 0.905. The van der Waals surface area contributed by atoms with E-state index in [1.54, 1.807) is 0 Å². The molecule has 0 aliphatic rings. The molecule has 0 aromatic heterocycles. The van der Waals surface area contributed by atoms with Gasteiger partial charge in [-0.25, -0.2) is 0 Å². The number of nitrogens with one attached hydrogen (secondary N) is 2. The minimum absolute atomic E-state index is 0.442. The normalized spacial score (nSPS) is 9.72. The van der Waals surface area contributed by atoms with Crippen LogP contribution in [0.3, 0.4) is 0 Å². The Morgan fingerprint density at radius 2 is 1.94 bits per heavy atom. The van der Waals surface area contributed by atoms with E-state index >= 15 is 0 Å². The van der Waals surface area contributed by atoms with E-state index < -0.39 is 0 Å². The molecule has 0 heterocycles. The fourth-order valence-corrected chi connectivity index (χ4v) is 1.94. The van der Waals surface area contributed by atoms with E-state index in [9.17, 15) is 0 Å². The molecule has 0 aliphatic carbocycles. The smallest absolute Gasteiger partial charge is 0.170 e. The second kappa shape index (κ2) is 5.99. The standard InChI is InChI=1S/C14H13N3S/c15-9-4-10-16-14(18)17-13-8-3-6-11-5-1-2-7-12(11)13/h1-3,5-8H,4,10H2,(H2,16,17,18). The van der Waals surface area contributed by atoms with Gasteiger partial charge in [0.1, 0.15) is 0 Å². The molecule has 2 aromatic carbocycles. The minimum Gasteiger partial charge on any atom is -0.361 e. The highest BCUT2D eigenvalue weighted by atomic mass is 32.1. The lowest BCUT2D eigenvalue weighted by atomic mass is 10.1. The summed E-state index contributed by atoms with van der Waals surface area (Å²) in [5.74, 6) is 0. The first-order chi connectivity index (χ1) is 8.81. The summed E-state index contributed by atoms with van der Waals surface area (Å²) in [5, 5.41) is 17.4. The van der Waals surface area contributed by atoms with Crippen LogP contribution < -0.4 is 10.6 Å². The summed E-state index contributed by atoms with van der Waals surface area (Å²) in [7, 11) is 0. The fourth-order valence-electron chi connectivity index (χ4n) is 1.73. The summed E-state index contributed by atoms with van der Waals surface area (Å²) in [6.07, 6.45) is 0.442. The molecule has 2 N–H and O–H groups in total. The lowest BCUT2D eigenvalue weighted by Crippen LogP contribution is -2.29. The van der Waals surface area contributed by atoms with Crippen LogP contribution in [-0.2, 0) is 0 Å². The predicted octanol–water partition coefficient (Wildman–Crippen LogP) is 3.04. The Hall–Kier alpha value is -2.12. The Balaban J connectivity index is 2.12. The van der Waals surface area contributed by atoms with Gasteiger partial charge >= 0.3 is 0 Å². The maximum Gasteiger partial charge on any atom is 0.170 e. The Bertz CT molecular complexity index is 596. The van der Waals surface area contributed by atoms with Gasteiger partial charge in [0.2, 0.25) is 0 Å². The van der Waals surface area contributed by atoms with Crippen LogP contribution in [0.15, 0.2) is 42.5 Å². The number of hydrogen-bond donors (Lipinski definition) is 2. The highest BCUT2D eigenvalue weighted by molar-refractivity contribution is 7.80. The van der Waals surface area contributed by atoms with Gasteiger partial charge in [-0.3, -0.25) is 0 Å². The molecule has 2 rings (SSSR count). The highest BCUT2D eigenvalue weighted by Gasteiger charge is 2.01. The van der Waals surface area contributed by atoms with Crippen molar-refractivity contribution < 1.29 is 0 Å². The number of hydrogen-bond acceptors (Lipinski definition) is 2. The number of anilines is 1. The number of thiocarbonyl (C=S) groups is 1. The second-order valence-electron chi connectivity index (χ2n) is 3.82. The Morgan fingerprint density at radius 1 is 1.17 bits per heavy atom. The molecule has 0 saturated heterocycles. The zero-order chi connectivity index (χ0) is 12.8. The van der Waals surface area contributed by atoms with Crippen molar-refractivity contribution in [3.63, 3.8) is 0 Å². The molecular formula is C14H13N3S. The van der Waals surface area contributed by atoms with E-state index in [4.69, 9.17) is 17.5 Å². The lowest BCUT2D eigenvalue weighted by Gasteiger charge is -2.11. The van der Waals surface area contributed by atoms with Crippen molar-refractivity contribution in [3.05, 3.63) is 42.5 Å². The van der Waals surface area contributed by atoms with Crippen molar-refractivity contribution in [1.82, 2.24) is 5.32 Å². The molecule has 0 saturated carbocycles. The summed E-state index contributed by atoms with van der Waals surface area (Å²) >= 11 is 5.18. The number of rotatable bonds is 3. The maximum absolute atomic E-state index is 8.46. The first-order valence-electron chi connectivity index (χ1n) is 5.71. The molecule has 0 bridgehead atoms. The van der Waals surface area contributed by atoms with E-state index in [-0.39, 0.29) is 0 Å². The third-order valence-corrected chi connectivity index (χ3v) is 2.81. The molecular weight excluding hydrogens is 242 g/mol. The van der Waals surface area contributed by atoms with Gasteiger partial charge in [0.15, 0.2) is 5.11 Å². The Kier molecular flexibility index (Phi) is 4.11. The van der Waals surface area contributed by atoms with Gasteiger partial charge in [-0.15, -0.1) is 0 Å². The number of nitrogens with zero attached hydrogens (tertiary/aromatic N) is 1. The molecule has 3 nitrogen and oxygen atoms in total. The number of nitriles is 1. The van der Waals surface area contributed by atoms with E-state index in [2.05, 4.69) is 34.9 Å². The van der Waals surface area contributed by atoms with Crippen LogP contribution in [0, 0.1) is 11.3 Å². The molecule has 4 heteroatoms. The predicted molar refractivity (Wildman–Crippen MR) is 78.4 cm³/mol. The molecule has 18 heavy (non-hydrogen) atoms. The van der Waals surface area contributed by atoms with Crippen LogP contribution in [0.4, 0.5) is 5.69 Å². The van der Waals surface area contributed by atoms with Gasteiger partial charge in [-0.05, 0) is 23.7 Å². The molecule has 0 spiro atoms. The monoisotopic (exact) mass is 255 g/mol. The van der Waals surface area contributed by atoms with Crippen LogP contribution in [0.25, 0.3) is 10.8 Å². The first kappa shape index (κ1) is 12.3. The third-order valence-electron chi connectivity index (χ3n) is 2.56. The summed E-state index contributed by atoms with van der Waals surface area (Å²) in [4.78, 5) is 0. The van der Waals surface area contributed by atoms with Crippen molar-refractivity contribution in [2.45, 2.75) is 6.42 Å². The van der Waals surface area contributed by atoms with E-state index in [0.717, 1.165) is 11.1 Å². The molecule has 90 valence electrons. The van der Waals surface area contributed by atoms with Crippen LogP contribution in [0.2, 0.25) is 0 Å². The molecule has 0 amide bonds. The zero-order valence-electron chi connectivity index (χ0n) is 9.81. The quantitative estimate of drug-likeness (QED) is 0.653. The average molecular weight is 255 g/mol. The van der Waals surface area contributed by atoms with Gasteiger partial charge in [0, 0.05) is 17.6 Å². The highest BCUT2D eigenvalue weighted by Crippen LogP contribution is 2.22. The first-order valence-corrected chi connectivity index (χ1v) is 6.11. The maximum atomic E-state index is 8.46. The zero-order valence-corrected chi connectivity index (χ0v) is 10.6. The molecule has 0 unspecified atom stereocenters. The van der Waals surface area contributed by atoms with E-state index in [0.29, 0.717) is 18.1 Å². The molecule has 2 aromatic rings. The summed E-state index contributed by atoms with van der Waals surface area (Å²) in [6.45, 7) is 0.563. The SMILES string of the molecule is N#CCCNC(=S)Nc1cccc2ccccc12. The summed E-state index contributed by atoms with van der Waals surface area (Å²) < 4.78 is 0. The van der Waals surface area contributed by atoms with Crippen LogP contribution in [0.1, 0.15) is 6.42 Å². The number of fused-ring (bicyclic) bond motifs is 1. The van der Waals surface area contributed by atoms with Crippen molar-refractivity contribution in [1.29, 1.82) is 5.26 Å². The summed E-state index contributed by atoms with van der Waals surface area (Å²) in [5.41, 5.74) is 0.975. The third kappa shape index (κ3) is 2.96. The van der Waals surface area contributed by atoms with Crippen LogP contribution in [0.5, 0.6) is 0 Å². The van der Waals surface area contributed by atoms with Crippen molar-refractivity contribution in [2.24, 2.45) is 0 Å². The van der Waals surface area contributed by atoms with E-state index in [1.165, 1.54) is 5.39 Å². The average Bonchev–Trinajstić information content (AvgIpc) is 2.39. The summed E-state index contributed by atoms with van der Waals surface area (Å²) in [6, 6.07) is 16.2. The number of benzene rings is 2. The van der Waals surface area contributed by atoms with Gasteiger partial charge in [0.25, 0.3) is 0 Å². The van der Waals surface area contributed by atoms with Crippen molar-refractivity contribution >= 4 is 33.8 Å². The molecule has 0 radical (unpaired) electrons. The van der Waals surface area contributed by atoms with Gasteiger partial charge < -0.3 is 10.6 Å².